The minimum Gasteiger partial charge on any atom is -0.452 e. The SMILES string of the molecule is CN(C(=O)COC(=O)c1ccc(OC(F)F)cc1)[C@H]1CCS(=O)(=O)C1. The van der Waals surface area contributed by atoms with Gasteiger partial charge >= 0.3 is 12.6 Å². The predicted octanol–water partition coefficient (Wildman–Crippen LogP) is 1.09. The summed E-state index contributed by atoms with van der Waals surface area (Å²) >= 11 is 0. The van der Waals surface area contributed by atoms with Crippen molar-refractivity contribution in [1.82, 2.24) is 4.90 Å². The second-order valence-electron chi connectivity index (χ2n) is 5.54. The van der Waals surface area contributed by atoms with Crippen molar-refractivity contribution < 1.29 is 36.3 Å². The zero-order chi connectivity index (χ0) is 18.6. The summed E-state index contributed by atoms with van der Waals surface area (Å²) in [6.45, 7) is -3.51. The van der Waals surface area contributed by atoms with E-state index in [1.807, 2.05) is 0 Å². The Labute approximate surface area is 143 Å². The number of amides is 1. The molecule has 2 rings (SSSR count). The van der Waals surface area contributed by atoms with Crippen molar-refractivity contribution in [3.8, 4) is 5.75 Å². The first kappa shape index (κ1) is 19.1. The zero-order valence-electron chi connectivity index (χ0n) is 13.4. The standard InChI is InChI=1S/C15H17F2NO6S/c1-18(11-6-7-25(21,22)9-11)13(19)8-23-14(20)10-2-4-12(5-3-10)24-15(16)17/h2-5,11,15H,6-9H2,1H3/t11-/m0/s1. The fraction of sp³-hybridized carbons (Fsp3) is 0.467. The predicted molar refractivity (Wildman–Crippen MR) is 83.2 cm³/mol. The molecule has 0 N–H and O–H groups in total. The number of halogens is 2. The summed E-state index contributed by atoms with van der Waals surface area (Å²) in [5.74, 6) is -1.50. The van der Waals surface area contributed by atoms with E-state index in [2.05, 4.69) is 4.74 Å². The quantitative estimate of drug-likeness (QED) is 0.690. The molecule has 0 spiro atoms. The Hall–Kier alpha value is -2.23. The lowest BCUT2D eigenvalue weighted by molar-refractivity contribution is -0.134. The Morgan fingerprint density at radius 2 is 1.92 bits per heavy atom. The molecular formula is C15H17F2NO6S. The molecule has 1 heterocycles. The van der Waals surface area contributed by atoms with E-state index >= 15 is 0 Å². The Morgan fingerprint density at radius 1 is 1.28 bits per heavy atom. The van der Waals surface area contributed by atoms with Gasteiger partial charge in [-0.1, -0.05) is 0 Å². The lowest BCUT2D eigenvalue weighted by Crippen LogP contribution is -2.40. The van der Waals surface area contributed by atoms with Crippen LogP contribution in [0.3, 0.4) is 0 Å². The molecule has 0 aliphatic carbocycles. The first-order chi connectivity index (χ1) is 11.7. The van der Waals surface area contributed by atoms with Crippen LogP contribution in [-0.2, 0) is 19.4 Å². The molecule has 1 aliphatic rings. The smallest absolute Gasteiger partial charge is 0.387 e. The van der Waals surface area contributed by atoms with E-state index < -0.39 is 41.0 Å². The highest BCUT2D eigenvalue weighted by atomic mass is 32.2. The molecule has 0 saturated carbocycles. The largest absolute Gasteiger partial charge is 0.452 e. The number of carbonyl (C=O) groups excluding carboxylic acids is 2. The van der Waals surface area contributed by atoms with Crippen molar-refractivity contribution in [2.75, 3.05) is 25.2 Å². The normalized spacial score (nSPS) is 18.8. The summed E-state index contributed by atoms with van der Waals surface area (Å²) in [5.41, 5.74) is 0.0699. The Morgan fingerprint density at radius 3 is 2.44 bits per heavy atom. The number of likely N-dealkylation sites (N-methyl/N-ethyl adjacent to an activating group) is 1. The van der Waals surface area contributed by atoms with Gasteiger partial charge in [-0.05, 0) is 30.7 Å². The molecule has 138 valence electrons. The number of nitrogens with zero attached hydrogens (tertiary/aromatic N) is 1. The summed E-state index contributed by atoms with van der Waals surface area (Å²) < 4.78 is 56.0. The fourth-order valence-electron chi connectivity index (χ4n) is 2.37. The van der Waals surface area contributed by atoms with Crippen LogP contribution in [0.5, 0.6) is 5.75 Å². The second kappa shape index (κ2) is 7.77. The van der Waals surface area contributed by atoms with Crippen LogP contribution in [0.4, 0.5) is 8.78 Å². The topological polar surface area (TPSA) is 90.0 Å². The molecule has 10 heteroatoms. The van der Waals surface area contributed by atoms with Gasteiger partial charge in [-0.15, -0.1) is 0 Å². The van der Waals surface area contributed by atoms with Crippen molar-refractivity contribution in [2.24, 2.45) is 0 Å². The van der Waals surface area contributed by atoms with Crippen molar-refractivity contribution >= 4 is 21.7 Å². The lowest BCUT2D eigenvalue weighted by Gasteiger charge is -2.23. The molecule has 0 bridgehead atoms. The molecule has 0 unspecified atom stereocenters. The van der Waals surface area contributed by atoms with Crippen LogP contribution in [-0.4, -0.2) is 63.0 Å². The fourth-order valence-corrected chi connectivity index (χ4v) is 4.14. The van der Waals surface area contributed by atoms with Gasteiger partial charge in [0, 0.05) is 13.1 Å². The van der Waals surface area contributed by atoms with E-state index in [4.69, 9.17) is 4.74 Å². The summed E-state index contributed by atoms with van der Waals surface area (Å²) in [6.07, 6.45) is 0.351. The number of hydrogen-bond donors (Lipinski definition) is 0. The maximum absolute atomic E-state index is 12.0. The van der Waals surface area contributed by atoms with Crippen LogP contribution in [0.15, 0.2) is 24.3 Å². The van der Waals surface area contributed by atoms with E-state index in [1.165, 1.54) is 36.2 Å². The molecule has 25 heavy (non-hydrogen) atoms. The van der Waals surface area contributed by atoms with Gasteiger partial charge in [0.05, 0.1) is 17.1 Å². The molecule has 7 nitrogen and oxygen atoms in total. The highest BCUT2D eigenvalue weighted by Crippen LogP contribution is 2.17. The van der Waals surface area contributed by atoms with Crippen LogP contribution in [0.1, 0.15) is 16.8 Å². The molecule has 1 saturated heterocycles. The second-order valence-corrected chi connectivity index (χ2v) is 7.77. The molecule has 1 aliphatic heterocycles. The minimum atomic E-state index is -3.13. The summed E-state index contributed by atoms with van der Waals surface area (Å²) in [6, 6.07) is 4.40. The van der Waals surface area contributed by atoms with Gasteiger partial charge in [0.25, 0.3) is 5.91 Å². The van der Waals surface area contributed by atoms with E-state index in [1.54, 1.807) is 0 Å². The molecular weight excluding hydrogens is 360 g/mol. The third-order valence-electron chi connectivity index (χ3n) is 3.79. The van der Waals surface area contributed by atoms with Gasteiger partial charge in [-0.25, -0.2) is 13.2 Å². The molecule has 0 radical (unpaired) electrons. The van der Waals surface area contributed by atoms with Crippen LogP contribution >= 0.6 is 0 Å². The van der Waals surface area contributed by atoms with E-state index in [0.717, 1.165) is 0 Å². The van der Waals surface area contributed by atoms with Crippen molar-refractivity contribution in [1.29, 1.82) is 0 Å². The van der Waals surface area contributed by atoms with Crippen LogP contribution in [0.25, 0.3) is 0 Å². The zero-order valence-corrected chi connectivity index (χ0v) is 14.2. The van der Waals surface area contributed by atoms with E-state index in [0.29, 0.717) is 6.42 Å². The molecule has 0 aromatic heterocycles. The van der Waals surface area contributed by atoms with Crippen LogP contribution in [0.2, 0.25) is 0 Å². The molecule has 1 fully saturated rings. The van der Waals surface area contributed by atoms with Gasteiger partial charge in [-0.3, -0.25) is 4.79 Å². The van der Waals surface area contributed by atoms with Gasteiger partial charge in [0.15, 0.2) is 16.4 Å². The molecule has 1 amide bonds. The highest BCUT2D eigenvalue weighted by Gasteiger charge is 2.32. The van der Waals surface area contributed by atoms with Crippen LogP contribution in [0, 0.1) is 0 Å². The van der Waals surface area contributed by atoms with E-state index in [-0.39, 0.29) is 22.8 Å². The Balaban J connectivity index is 1.85. The Kier molecular flexibility index (Phi) is 5.93. The van der Waals surface area contributed by atoms with E-state index in [9.17, 15) is 26.8 Å². The van der Waals surface area contributed by atoms with Crippen molar-refractivity contribution in [3.63, 3.8) is 0 Å². The number of sulfone groups is 1. The van der Waals surface area contributed by atoms with Gasteiger partial charge in [0.2, 0.25) is 0 Å². The van der Waals surface area contributed by atoms with Crippen LogP contribution < -0.4 is 4.74 Å². The van der Waals surface area contributed by atoms with Gasteiger partial charge in [0.1, 0.15) is 5.75 Å². The van der Waals surface area contributed by atoms with Crippen molar-refractivity contribution in [3.05, 3.63) is 29.8 Å². The number of alkyl halides is 2. The highest BCUT2D eigenvalue weighted by molar-refractivity contribution is 7.91. The maximum atomic E-state index is 12.0. The maximum Gasteiger partial charge on any atom is 0.387 e. The van der Waals surface area contributed by atoms with Gasteiger partial charge < -0.3 is 14.4 Å². The first-order valence-corrected chi connectivity index (χ1v) is 9.18. The summed E-state index contributed by atoms with van der Waals surface area (Å²) in [4.78, 5) is 25.1. The molecule has 1 atom stereocenters. The Bertz CT molecular complexity index is 735. The minimum absolute atomic E-state index is 0.0299. The summed E-state index contributed by atoms with van der Waals surface area (Å²) in [7, 11) is -1.67. The van der Waals surface area contributed by atoms with Crippen molar-refractivity contribution in [2.45, 2.75) is 19.1 Å². The number of hydrogen-bond acceptors (Lipinski definition) is 6. The average molecular weight is 377 g/mol. The number of rotatable bonds is 6. The average Bonchev–Trinajstić information content (AvgIpc) is 2.91. The summed E-state index contributed by atoms with van der Waals surface area (Å²) in [5, 5.41) is 0. The first-order valence-electron chi connectivity index (χ1n) is 7.36. The number of benzene rings is 1. The monoisotopic (exact) mass is 377 g/mol. The van der Waals surface area contributed by atoms with Gasteiger partial charge in [-0.2, -0.15) is 8.78 Å². The number of esters is 1. The molecule has 1 aromatic rings. The lowest BCUT2D eigenvalue weighted by atomic mass is 10.2. The molecule has 1 aromatic carbocycles. The third-order valence-corrected chi connectivity index (χ3v) is 5.54. The number of ether oxygens (including phenoxy) is 2. The third kappa shape index (κ3) is 5.38. The number of carbonyl (C=O) groups is 2.